The molecule has 0 spiro atoms. The van der Waals surface area contributed by atoms with E-state index in [1.807, 2.05) is 0 Å². The minimum atomic E-state index is -0.0394. The fraction of sp³-hybridized carbons (Fsp3) is 0.400. The Morgan fingerprint density at radius 3 is 2.88 bits per heavy atom. The van der Waals surface area contributed by atoms with Crippen LogP contribution in [0.15, 0.2) is 12.2 Å². The number of rotatable bonds is 3. The van der Waals surface area contributed by atoms with Crippen molar-refractivity contribution < 1.29 is 9.22 Å². The second-order valence-electron chi connectivity index (χ2n) is 1.25. The van der Waals surface area contributed by atoms with Gasteiger partial charge in [0.2, 0.25) is 10.5 Å². The molecule has 0 saturated carbocycles. The van der Waals surface area contributed by atoms with Crippen LogP contribution in [0.1, 0.15) is 6.92 Å². The second-order valence-corrected chi connectivity index (χ2v) is 1.54. The molecule has 0 aliphatic carbocycles. The smallest absolute Gasteiger partial charge is 0.246 e. The van der Waals surface area contributed by atoms with E-state index in [1.54, 1.807) is 13.0 Å². The normalized spacial score (nSPS) is 10.2. The maximum atomic E-state index is 10.4. The Balaban J connectivity index is 3.33. The Bertz CT molecular complexity index is 98.6. The van der Waals surface area contributed by atoms with E-state index in [4.69, 9.17) is 0 Å². The van der Waals surface area contributed by atoms with Crippen LogP contribution < -0.4 is 0 Å². The molecule has 0 aromatic heterocycles. The SMILES string of the molecule is CC=CC(=O)CO[Si]. The van der Waals surface area contributed by atoms with Crippen LogP contribution in [0.5, 0.6) is 0 Å². The second kappa shape index (κ2) is 4.74. The van der Waals surface area contributed by atoms with Crippen molar-refractivity contribution in [3.05, 3.63) is 12.2 Å². The van der Waals surface area contributed by atoms with Crippen LogP contribution in [0.3, 0.4) is 0 Å². The summed E-state index contributed by atoms with van der Waals surface area (Å²) < 4.78 is 4.36. The Morgan fingerprint density at radius 1 is 1.88 bits per heavy atom. The number of carbonyl (C=O) groups is 1. The van der Waals surface area contributed by atoms with Gasteiger partial charge in [0.15, 0.2) is 5.78 Å². The monoisotopic (exact) mass is 127 g/mol. The fourth-order valence-electron chi connectivity index (χ4n) is 0.305. The van der Waals surface area contributed by atoms with E-state index in [-0.39, 0.29) is 12.4 Å². The Kier molecular flexibility index (Phi) is 4.49. The van der Waals surface area contributed by atoms with Gasteiger partial charge in [-0.3, -0.25) is 4.79 Å². The zero-order valence-electron chi connectivity index (χ0n) is 4.68. The lowest BCUT2D eigenvalue weighted by atomic mass is 10.4. The van der Waals surface area contributed by atoms with Gasteiger partial charge in [0.25, 0.3) is 0 Å². The molecule has 3 heteroatoms. The topological polar surface area (TPSA) is 26.3 Å². The minimum absolute atomic E-state index is 0.0394. The van der Waals surface area contributed by atoms with Gasteiger partial charge in [0.1, 0.15) is 0 Å². The summed E-state index contributed by atoms with van der Waals surface area (Å²) in [4.78, 5) is 10.4. The third-order valence-corrected chi connectivity index (χ3v) is 0.711. The van der Waals surface area contributed by atoms with Crippen LogP contribution >= 0.6 is 0 Å². The average Bonchev–Trinajstić information content (AvgIpc) is 1.68. The molecular formula is C5H7O2Si. The highest BCUT2D eigenvalue weighted by molar-refractivity contribution is 6.00. The molecule has 0 aliphatic rings. The van der Waals surface area contributed by atoms with Gasteiger partial charge in [-0.15, -0.1) is 0 Å². The number of carbonyl (C=O) groups excluding carboxylic acids is 1. The lowest BCUT2D eigenvalue weighted by molar-refractivity contribution is -0.116. The summed E-state index contributed by atoms with van der Waals surface area (Å²) in [6.07, 6.45) is 3.13. The summed E-state index contributed by atoms with van der Waals surface area (Å²) in [5, 5.41) is 0. The molecule has 8 heavy (non-hydrogen) atoms. The molecule has 0 N–H and O–H groups in total. The van der Waals surface area contributed by atoms with Crippen molar-refractivity contribution in [2.75, 3.05) is 6.61 Å². The molecule has 2 nitrogen and oxygen atoms in total. The molecule has 0 amide bonds. The van der Waals surface area contributed by atoms with E-state index in [0.29, 0.717) is 0 Å². The number of hydrogen-bond donors (Lipinski definition) is 0. The molecule has 0 aliphatic heterocycles. The van der Waals surface area contributed by atoms with Gasteiger partial charge in [0.05, 0.1) is 6.61 Å². The lowest BCUT2D eigenvalue weighted by Gasteiger charge is -1.87. The van der Waals surface area contributed by atoms with Crippen molar-refractivity contribution in [1.82, 2.24) is 0 Å². The highest BCUT2D eigenvalue weighted by atomic mass is 28.2. The van der Waals surface area contributed by atoms with Crippen LogP contribution in [0.4, 0.5) is 0 Å². The Hall–Kier alpha value is -0.413. The van der Waals surface area contributed by atoms with E-state index in [9.17, 15) is 4.79 Å². The number of ketones is 1. The Morgan fingerprint density at radius 2 is 2.50 bits per heavy atom. The van der Waals surface area contributed by atoms with E-state index < -0.39 is 0 Å². The molecule has 0 fully saturated rings. The molecule has 0 aromatic rings. The summed E-state index contributed by atoms with van der Waals surface area (Å²) >= 11 is 0. The Labute approximate surface area is 52.1 Å². The third-order valence-electron chi connectivity index (χ3n) is 0.567. The molecule has 0 heterocycles. The van der Waals surface area contributed by atoms with Gasteiger partial charge in [-0.05, 0) is 13.0 Å². The fourth-order valence-corrected chi connectivity index (χ4v) is 0.447. The number of allylic oxidation sites excluding steroid dienone is 1. The minimum Gasteiger partial charge on any atom is -0.411 e. The first-order chi connectivity index (χ1) is 3.81. The van der Waals surface area contributed by atoms with Crippen LogP contribution in [-0.4, -0.2) is 22.9 Å². The van der Waals surface area contributed by atoms with Gasteiger partial charge in [-0.25, -0.2) is 0 Å². The molecule has 0 rings (SSSR count). The van der Waals surface area contributed by atoms with Gasteiger partial charge >= 0.3 is 0 Å². The van der Waals surface area contributed by atoms with Crippen molar-refractivity contribution >= 4 is 16.3 Å². The van der Waals surface area contributed by atoms with Crippen molar-refractivity contribution in [2.24, 2.45) is 0 Å². The summed E-state index contributed by atoms with van der Waals surface area (Å²) in [6, 6.07) is 0. The van der Waals surface area contributed by atoms with Gasteiger partial charge < -0.3 is 4.43 Å². The molecule has 0 aromatic carbocycles. The quantitative estimate of drug-likeness (QED) is 0.401. The van der Waals surface area contributed by atoms with E-state index in [1.165, 1.54) is 6.08 Å². The van der Waals surface area contributed by atoms with E-state index >= 15 is 0 Å². The van der Waals surface area contributed by atoms with Crippen molar-refractivity contribution in [1.29, 1.82) is 0 Å². The highest BCUT2D eigenvalue weighted by Gasteiger charge is 1.89. The largest absolute Gasteiger partial charge is 0.411 e. The molecule has 3 radical (unpaired) electrons. The predicted octanol–water partition coefficient (Wildman–Crippen LogP) is 0.232. The van der Waals surface area contributed by atoms with Crippen molar-refractivity contribution in [2.45, 2.75) is 6.92 Å². The highest BCUT2D eigenvalue weighted by Crippen LogP contribution is 1.75. The zero-order chi connectivity index (χ0) is 6.41. The zero-order valence-corrected chi connectivity index (χ0v) is 5.68. The average molecular weight is 127 g/mol. The summed E-state index contributed by atoms with van der Waals surface area (Å²) in [5.74, 6) is -0.0394. The number of hydrogen-bond acceptors (Lipinski definition) is 2. The standard InChI is InChI=1S/C5H7O2Si/c1-2-3-5(6)4-7-8/h2-3H,4H2,1H3. The summed E-state index contributed by atoms with van der Waals surface area (Å²) in [5.41, 5.74) is 0. The molecule has 0 saturated heterocycles. The molecule has 0 unspecified atom stereocenters. The summed E-state index contributed by atoms with van der Waals surface area (Å²) in [6.45, 7) is 1.88. The van der Waals surface area contributed by atoms with Gasteiger partial charge in [-0.2, -0.15) is 0 Å². The van der Waals surface area contributed by atoms with Crippen LogP contribution in [0.25, 0.3) is 0 Å². The van der Waals surface area contributed by atoms with Gasteiger partial charge in [0, 0.05) is 0 Å². The summed E-state index contributed by atoms with van der Waals surface area (Å²) in [7, 11) is 2.71. The molecule has 0 bridgehead atoms. The maximum absolute atomic E-state index is 10.4. The molecule has 43 valence electrons. The molecular weight excluding hydrogens is 120 g/mol. The molecule has 0 atom stereocenters. The van der Waals surface area contributed by atoms with Crippen molar-refractivity contribution in [3.63, 3.8) is 0 Å². The first-order valence-corrected chi connectivity index (χ1v) is 2.66. The van der Waals surface area contributed by atoms with Crippen LogP contribution in [0.2, 0.25) is 0 Å². The van der Waals surface area contributed by atoms with Crippen LogP contribution in [-0.2, 0) is 9.22 Å². The van der Waals surface area contributed by atoms with E-state index in [0.717, 1.165) is 0 Å². The van der Waals surface area contributed by atoms with E-state index in [2.05, 4.69) is 14.9 Å². The maximum Gasteiger partial charge on any atom is 0.246 e. The predicted molar refractivity (Wildman–Crippen MR) is 31.5 cm³/mol. The van der Waals surface area contributed by atoms with Crippen molar-refractivity contribution in [3.8, 4) is 0 Å². The first kappa shape index (κ1) is 7.59. The van der Waals surface area contributed by atoms with Crippen LogP contribution in [0, 0.1) is 0 Å². The third kappa shape index (κ3) is 3.77. The lowest BCUT2D eigenvalue weighted by Crippen LogP contribution is -2.02. The first-order valence-electron chi connectivity index (χ1n) is 2.25. The van der Waals surface area contributed by atoms with Gasteiger partial charge in [-0.1, -0.05) is 6.08 Å².